The number of carbonyl (C=O) groups excluding carboxylic acids is 1. The number of benzene rings is 1. The van der Waals surface area contributed by atoms with Crippen LogP contribution in [0.5, 0.6) is 5.88 Å². The first-order chi connectivity index (χ1) is 19.3. The van der Waals surface area contributed by atoms with Crippen LogP contribution in [0.1, 0.15) is 12.8 Å². The smallest absolute Gasteiger partial charge is 0.256 e. The maximum atomic E-state index is 15.0. The molecule has 1 aromatic carbocycles. The molecule has 6 rings (SSSR count). The van der Waals surface area contributed by atoms with E-state index in [-0.39, 0.29) is 36.6 Å². The third kappa shape index (κ3) is 4.86. The summed E-state index contributed by atoms with van der Waals surface area (Å²) < 4.78 is 36.3. The first kappa shape index (κ1) is 26.1. The number of nitrogens with zero attached hydrogens (tertiary/aromatic N) is 6. The molecule has 3 aromatic heterocycles. The van der Waals surface area contributed by atoms with Gasteiger partial charge in [0.25, 0.3) is 5.88 Å². The first-order valence-electron chi connectivity index (χ1n) is 13.2. The lowest BCUT2D eigenvalue weighted by Crippen LogP contribution is -2.46. The van der Waals surface area contributed by atoms with Crippen LogP contribution >= 0.6 is 0 Å². The normalized spacial score (nSPS) is 21.8. The van der Waals surface area contributed by atoms with Crippen LogP contribution in [0.25, 0.3) is 22.2 Å². The summed E-state index contributed by atoms with van der Waals surface area (Å²) in [7, 11) is 5.29. The Bertz CT molecular complexity index is 1550. The van der Waals surface area contributed by atoms with Crippen molar-refractivity contribution in [2.45, 2.75) is 31.1 Å². The number of amides is 1. The maximum absolute atomic E-state index is 15.0. The molecule has 0 saturated carbocycles. The predicted molar refractivity (Wildman–Crippen MR) is 147 cm³/mol. The fourth-order valence-corrected chi connectivity index (χ4v) is 5.76. The number of likely N-dealkylation sites (tertiary alicyclic amines) is 2. The topological polar surface area (TPSA) is 116 Å². The molecular weight excluding hydrogens is 520 g/mol. The van der Waals surface area contributed by atoms with Gasteiger partial charge in [-0.3, -0.25) is 14.4 Å². The monoisotopic (exact) mass is 551 g/mol. The van der Waals surface area contributed by atoms with Crippen LogP contribution in [0.2, 0.25) is 0 Å². The maximum Gasteiger partial charge on any atom is 0.256 e. The Morgan fingerprint density at radius 1 is 1.23 bits per heavy atom. The van der Waals surface area contributed by atoms with Gasteiger partial charge in [0.1, 0.15) is 17.6 Å². The van der Waals surface area contributed by atoms with Gasteiger partial charge >= 0.3 is 0 Å². The molecule has 4 aromatic rings. The molecule has 5 heterocycles. The van der Waals surface area contributed by atoms with Crippen molar-refractivity contribution in [3.63, 3.8) is 0 Å². The molecule has 0 bridgehead atoms. The van der Waals surface area contributed by atoms with Crippen molar-refractivity contribution in [3.8, 4) is 17.1 Å². The van der Waals surface area contributed by atoms with Crippen LogP contribution in [0.15, 0.2) is 36.8 Å². The second-order valence-electron chi connectivity index (χ2n) is 10.4. The molecule has 11 nitrogen and oxygen atoms in total. The molecular formula is C27H31F2N9O2. The van der Waals surface area contributed by atoms with E-state index in [1.165, 1.54) is 7.11 Å². The average molecular weight is 552 g/mol. The van der Waals surface area contributed by atoms with Crippen LogP contribution in [0.3, 0.4) is 0 Å². The predicted octanol–water partition coefficient (Wildman–Crippen LogP) is 3.30. The number of hydrogen-bond acceptors (Lipinski definition) is 8. The average Bonchev–Trinajstić information content (AvgIpc) is 3.71. The number of anilines is 3. The zero-order valence-electron chi connectivity index (χ0n) is 22.5. The van der Waals surface area contributed by atoms with Crippen molar-refractivity contribution in [1.29, 1.82) is 0 Å². The van der Waals surface area contributed by atoms with Gasteiger partial charge in [0, 0.05) is 49.7 Å². The molecule has 2 unspecified atom stereocenters. The van der Waals surface area contributed by atoms with Gasteiger partial charge in [-0.1, -0.05) is 12.1 Å². The number of rotatable bonds is 7. The summed E-state index contributed by atoms with van der Waals surface area (Å²) in [5.41, 5.74) is 2.28. The molecule has 2 aliphatic rings. The summed E-state index contributed by atoms with van der Waals surface area (Å²) in [6.45, 7) is 2.02. The summed E-state index contributed by atoms with van der Waals surface area (Å²) in [4.78, 5) is 29.3. The van der Waals surface area contributed by atoms with E-state index < -0.39 is 18.0 Å². The Labute approximate surface area is 229 Å². The van der Waals surface area contributed by atoms with Gasteiger partial charge in [-0.25, -0.2) is 18.7 Å². The Kier molecular flexibility index (Phi) is 6.84. The third-order valence-electron chi connectivity index (χ3n) is 7.63. The zero-order chi connectivity index (χ0) is 28.0. The fraction of sp³-hybridized carbons (Fsp3) is 0.407. The standard InChI is InChI=1S/C27H31F2N9O2/c1-36-8-7-16(13-36)38-12-15(28)9-22(38)25(39)32-20-6-4-5-17-18(10-30-24(17)20)23-19(29)11-31-27(34-23)33-21-14-37(2)35-26(21)40-3/h4-6,10-11,14-16,22,30H,7-9,12-13H2,1-3H3,(H,32,39)(H,31,33,34)/t15-,16?,22?/m0/s1. The minimum Gasteiger partial charge on any atom is -0.478 e. The highest BCUT2D eigenvalue weighted by atomic mass is 19.1. The summed E-state index contributed by atoms with van der Waals surface area (Å²) in [5.74, 6) is -0.329. The van der Waals surface area contributed by atoms with Crippen LogP contribution in [-0.2, 0) is 11.8 Å². The van der Waals surface area contributed by atoms with Crippen molar-refractivity contribution in [2.24, 2.45) is 7.05 Å². The molecule has 1 amide bonds. The summed E-state index contributed by atoms with van der Waals surface area (Å²) in [5, 5.41) is 10.9. The number of aryl methyl sites for hydroxylation is 1. The number of ether oxygens (including phenoxy) is 1. The van der Waals surface area contributed by atoms with Crippen molar-refractivity contribution >= 4 is 34.1 Å². The van der Waals surface area contributed by atoms with E-state index >= 15 is 0 Å². The van der Waals surface area contributed by atoms with Gasteiger partial charge in [0.15, 0.2) is 5.82 Å². The summed E-state index contributed by atoms with van der Waals surface area (Å²) in [6, 6.07) is 4.99. The van der Waals surface area contributed by atoms with Crippen molar-refractivity contribution in [3.05, 3.63) is 42.6 Å². The number of hydrogen-bond donors (Lipinski definition) is 3. The number of para-hydroxylation sites is 1. The van der Waals surface area contributed by atoms with Crippen molar-refractivity contribution < 1.29 is 18.3 Å². The molecule has 40 heavy (non-hydrogen) atoms. The Morgan fingerprint density at radius 2 is 2.08 bits per heavy atom. The Morgan fingerprint density at radius 3 is 2.85 bits per heavy atom. The first-order valence-corrected chi connectivity index (χ1v) is 13.2. The fourth-order valence-electron chi connectivity index (χ4n) is 5.76. The highest BCUT2D eigenvalue weighted by molar-refractivity contribution is 6.06. The van der Waals surface area contributed by atoms with E-state index in [4.69, 9.17) is 4.74 Å². The molecule has 13 heteroatoms. The number of fused-ring (bicyclic) bond motifs is 1. The molecule has 2 fully saturated rings. The van der Waals surface area contributed by atoms with E-state index in [1.807, 2.05) is 18.0 Å². The Hall–Kier alpha value is -4.10. The second kappa shape index (κ2) is 10.5. The van der Waals surface area contributed by atoms with E-state index in [0.29, 0.717) is 33.7 Å². The molecule has 3 atom stereocenters. The number of aromatic nitrogens is 5. The van der Waals surface area contributed by atoms with E-state index in [9.17, 15) is 13.6 Å². The number of methoxy groups -OCH3 is 1. The van der Waals surface area contributed by atoms with Gasteiger partial charge in [0.2, 0.25) is 11.9 Å². The molecule has 3 N–H and O–H groups in total. The Balaban J connectivity index is 1.26. The largest absolute Gasteiger partial charge is 0.478 e. The van der Waals surface area contributed by atoms with Crippen molar-refractivity contribution in [2.75, 3.05) is 44.4 Å². The van der Waals surface area contributed by atoms with E-state index in [2.05, 4.69) is 35.6 Å². The molecule has 0 aliphatic carbocycles. The van der Waals surface area contributed by atoms with Crippen LogP contribution in [0.4, 0.5) is 26.1 Å². The van der Waals surface area contributed by atoms with Gasteiger partial charge in [-0.2, -0.15) is 0 Å². The van der Waals surface area contributed by atoms with Gasteiger partial charge < -0.3 is 25.3 Å². The molecule has 0 radical (unpaired) electrons. The van der Waals surface area contributed by atoms with Crippen LogP contribution < -0.4 is 15.4 Å². The zero-order valence-corrected chi connectivity index (χ0v) is 22.5. The minimum absolute atomic E-state index is 0.0858. The van der Waals surface area contributed by atoms with Gasteiger partial charge in [0.05, 0.1) is 36.7 Å². The number of carbonyl (C=O) groups is 1. The summed E-state index contributed by atoms with van der Waals surface area (Å²) in [6.07, 6.45) is 4.49. The van der Waals surface area contributed by atoms with E-state index in [1.54, 1.807) is 36.3 Å². The molecule has 210 valence electrons. The minimum atomic E-state index is -1.04. The lowest BCUT2D eigenvalue weighted by molar-refractivity contribution is -0.121. The SMILES string of the molecule is COc1nn(C)cc1Nc1ncc(F)c(-c2c[nH]c3c(NC(=O)C4C[C@H](F)CN4C4CCN(C)C4)cccc23)n1. The van der Waals surface area contributed by atoms with Gasteiger partial charge in [-0.15, -0.1) is 5.10 Å². The second-order valence-corrected chi connectivity index (χ2v) is 10.4. The number of aromatic amines is 1. The van der Waals surface area contributed by atoms with E-state index in [0.717, 1.165) is 25.7 Å². The molecule has 0 spiro atoms. The molecule has 2 aliphatic heterocycles. The highest BCUT2D eigenvalue weighted by Crippen LogP contribution is 2.35. The van der Waals surface area contributed by atoms with Crippen LogP contribution in [0, 0.1) is 5.82 Å². The molecule has 2 saturated heterocycles. The lowest BCUT2D eigenvalue weighted by atomic mass is 10.1. The number of alkyl halides is 1. The highest BCUT2D eigenvalue weighted by Gasteiger charge is 2.42. The quantitative estimate of drug-likeness (QED) is 0.321. The number of halogens is 2. The number of nitrogens with one attached hydrogen (secondary N) is 3. The summed E-state index contributed by atoms with van der Waals surface area (Å²) >= 11 is 0. The van der Waals surface area contributed by atoms with Crippen molar-refractivity contribution in [1.82, 2.24) is 34.5 Å². The van der Waals surface area contributed by atoms with Crippen LogP contribution in [-0.4, -0.2) is 92.5 Å². The lowest BCUT2D eigenvalue weighted by Gasteiger charge is -2.29. The third-order valence-corrected chi connectivity index (χ3v) is 7.63. The number of likely N-dealkylation sites (N-methyl/N-ethyl adjacent to an activating group) is 1. The number of H-pyrrole nitrogens is 1. The van der Waals surface area contributed by atoms with Gasteiger partial charge in [-0.05, 0) is 26.1 Å².